The molecule has 23 heavy (non-hydrogen) atoms. The molecule has 122 valence electrons. The van der Waals surface area contributed by atoms with Gasteiger partial charge in [0, 0.05) is 31.4 Å². The molecule has 1 aromatic carbocycles. The number of thiazole rings is 1. The van der Waals surface area contributed by atoms with Crippen LogP contribution in [-0.2, 0) is 17.9 Å². The number of carbonyl (C=O) groups is 1. The summed E-state index contributed by atoms with van der Waals surface area (Å²) in [7, 11) is 0. The van der Waals surface area contributed by atoms with Crippen molar-refractivity contribution in [3.05, 3.63) is 47.0 Å². The van der Waals surface area contributed by atoms with Crippen LogP contribution in [0.25, 0.3) is 0 Å². The molecule has 0 aliphatic heterocycles. The minimum atomic E-state index is -0.0709. The number of nitrogens with zero attached hydrogens (tertiary/aromatic N) is 2. The molecule has 1 heterocycles. The van der Waals surface area contributed by atoms with Crippen LogP contribution in [0.3, 0.4) is 0 Å². The summed E-state index contributed by atoms with van der Waals surface area (Å²) in [6.07, 6.45) is 2.67. The molecule has 1 N–H and O–H groups in total. The maximum atomic E-state index is 11.1. The lowest BCUT2D eigenvalue weighted by molar-refractivity contribution is -0.114. The summed E-state index contributed by atoms with van der Waals surface area (Å²) in [6, 6.07) is 11.1. The zero-order valence-corrected chi connectivity index (χ0v) is 14.5. The van der Waals surface area contributed by atoms with Crippen LogP contribution < -0.4 is 5.32 Å². The molecule has 2 aromatic rings. The van der Waals surface area contributed by atoms with Crippen molar-refractivity contribution in [3.63, 3.8) is 0 Å². The number of benzene rings is 1. The molecule has 4 nitrogen and oxygen atoms in total. The summed E-state index contributed by atoms with van der Waals surface area (Å²) in [6.45, 7) is 5.59. The standard InChI is InChI=1S/C18H23N3OS/c1-13(16-8-9-16)21(10-15-6-4-3-5-7-15)11-17-12-23-18(20-17)19-14(2)22/h3-7,12-13,16H,8-11H2,1-2H3,(H,19,20,22). The van der Waals surface area contributed by atoms with E-state index in [1.165, 1.54) is 36.7 Å². The molecule has 1 aromatic heterocycles. The van der Waals surface area contributed by atoms with Crippen LogP contribution in [0.2, 0.25) is 0 Å². The number of hydrogen-bond acceptors (Lipinski definition) is 4. The number of hydrogen-bond donors (Lipinski definition) is 1. The number of anilines is 1. The van der Waals surface area contributed by atoms with Gasteiger partial charge in [0.15, 0.2) is 5.13 Å². The highest BCUT2D eigenvalue weighted by Gasteiger charge is 2.32. The first-order chi connectivity index (χ1) is 11.1. The van der Waals surface area contributed by atoms with E-state index >= 15 is 0 Å². The van der Waals surface area contributed by atoms with Crippen LogP contribution in [0.4, 0.5) is 5.13 Å². The lowest BCUT2D eigenvalue weighted by Gasteiger charge is -2.28. The molecule has 0 radical (unpaired) electrons. The van der Waals surface area contributed by atoms with Gasteiger partial charge in [0.2, 0.25) is 5.91 Å². The van der Waals surface area contributed by atoms with Crippen molar-refractivity contribution in [2.75, 3.05) is 5.32 Å². The molecular formula is C18H23N3OS. The third-order valence-corrected chi connectivity index (χ3v) is 5.12. The van der Waals surface area contributed by atoms with Crippen molar-refractivity contribution in [1.82, 2.24) is 9.88 Å². The van der Waals surface area contributed by atoms with Crippen molar-refractivity contribution in [2.45, 2.75) is 45.8 Å². The average Bonchev–Trinajstić information content (AvgIpc) is 3.29. The molecule has 1 aliphatic rings. The average molecular weight is 329 g/mol. The second-order valence-electron chi connectivity index (χ2n) is 6.29. The van der Waals surface area contributed by atoms with Crippen molar-refractivity contribution in [2.24, 2.45) is 5.92 Å². The summed E-state index contributed by atoms with van der Waals surface area (Å²) >= 11 is 1.49. The summed E-state index contributed by atoms with van der Waals surface area (Å²) in [5, 5.41) is 5.49. The van der Waals surface area contributed by atoms with E-state index in [9.17, 15) is 4.79 Å². The van der Waals surface area contributed by atoms with Crippen LogP contribution in [-0.4, -0.2) is 21.8 Å². The van der Waals surface area contributed by atoms with Gasteiger partial charge >= 0.3 is 0 Å². The van der Waals surface area contributed by atoms with E-state index in [4.69, 9.17) is 0 Å². The Kier molecular flexibility index (Phi) is 5.08. The topological polar surface area (TPSA) is 45.2 Å². The Balaban J connectivity index is 1.70. The Morgan fingerprint density at radius 1 is 1.35 bits per heavy atom. The van der Waals surface area contributed by atoms with Gasteiger partial charge in [0.1, 0.15) is 0 Å². The predicted molar refractivity (Wildman–Crippen MR) is 94.3 cm³/mol. The monoisotopic (exact) mass is 329 g/mol. The van der Waals surface area contributed by atoms with Crippen LogP contribution in [0.1, 0.15) is 37.9 Å². The minimum Gasteiger partial charge on any atom is -0.302 e. The summed E-state index contributed by atoms with van der Waals surface area (Å²) in [5.74, 6) is 0.741. The molecule has 1 aliphatic carbocycles. The Morgan fingerprint density at radius 3 is 2.74 bits per heavy atom. The number of amides is 1. The van der Waals surface area contributed by atoms with Gasteiger partial charge in [0.25, 0.3) is 0 Å². The zero-order valence-electron chi connectivity index (χ0n) is 13.7. The second kappa shape index (κ2) is 7.23. The fourth-order valence-corrected chi connectivity index (χ4v) is 3.58. The van der Waals surface area contributed by atoms with E-state index in [0.29, 0.717) is 11.2 Å². The highest BCUT2D eigenvalue weighted by molar-refractivity contribution is 7.13. The zero-order chi connectivity index (χ0) is 16.2. The first-order valence-corrected chi connectivity index (χ1v) is 9.00. The van der Waals surface area contributed by atoms with E-state index in [1.54, 1.807) is 0 Å². The summed E-state index contributed by atoms with van der Waals surface area (Å²) < 4.78 is 0. The van der Waals surface area contributed by atoms with Crippen molar-refractivity contribution >= 4 is 22.4 Å². The van der Waals surface area contributed by atoms with Gasteiger partial charge in [-0.1, -0.05) is 30.3 Å². The lowest BCUT2D eigenvalue weighted by Crippen LogP contribution is -2.33. The summed E-state index contributed by atoms with van der Waals surface area (Å²) in [5.41, 5.74) is 2.36. The molecule has 0 bridgehead atoms. The molecule has 0 spiro atoms. The Bertz CT molecular complexity index is 651. The van der Waals surface area contributed by atoms with Gasteiger partial charge < -0.3 is 5.32 Å². The Morgan fingerprint density at radius 2 is 2.09 bits per heavy atom. The van der Waals surface area contributed by atoms with Crippen LogP contribution in [0, 0.1) is 5.92 Å². The number of rotatable bonds is 7. The highest BCUT2D eigenvalue weighted by atomic mass is 32.1. The van der Waals surface area contributed by atoms with Gasteiger partial charge in [-0.2, -0.15) is 0 Å². The number of aromatic nitrogens is 1. The van der Waals surface area contributed by atoms with Gasteiger partial charge in [-0.25, -0.2) is 4.98 Å². The maximum Gasteiger partial charge on any atom is 0.223 e. The minimum absolute atomic E-state index is 0.0709. The number of carbonyl (C=O) groups excluding carboxylic acids is 1. The van der Waals surface area contributed by atoms with E-state index in [0.717, 1.165) is 24.7 Å². The first-order valence-electron chi connectivity index (χ1n) is 8.12. The smallest absolute Gasteiger partial charge is 0.223 e. The molecule has 1 amide bonds. The van der Waals surface area contributed by atoms with Crippen molar-refractivity contribution in [1.29, 1.82) is 0 Å². The third kappa shape index (κ3) is 4.62. The molecule has 1 unspecified atom stereocenters. The van der Waals surface area contributed by atoms with E-state index < -0.39 is 0 Å². The third-order valence-electron chi connectivity index (χ3n) is 4.31. The fourth-order valence-electron chi connectivity index (χ4n) is 2.83. The predicted octanol–water partition coefficient (Wildman–Crippen LogP) is 3.90. The Labute approximate surface area is 141 Å². The first kappa shape index (κ1) is 16.1. The molecule has 1 atom stereocenters. The lowest BCUT2D eigenvalue weighted by atomic mass is 10.1. The normalized spacial score (nSPS) is 15.6. The van der Waals surface area contributed by atoms with E-state index in [-0.39, 0.29) is 5.91 Å². The molecule has 1 fully saturated rings. The molecule has 0 saturated heterocycles. The van der Waals surface area contributed by atoms with Gasteiger partial charge in [-0.05, 0) is 31.2 Å². The van der Waals surface area contributed by atoms with E-state index in [2.05, 4.69) is 52.5 Å². The molecular weight excluding hydrogens is 306 g/mol. The highest BCUT2D eigenvalue weighted by Crippen LogP contribution is 2.36. The SMILES string of the molecule is CC(=O)Nc1nc(CN(Cc2ccccc2)C(C)C2CC2)cs1. The molecule has 1 saturated carbocycles. The fraction of sp³-hybridized carbons (Fsp3) is 0.444. The van der Waals surface area contributed by atoms with Gasteiger partial charge in [0.05, 0.1) is 5.69 Å². The van der Waals surface area contributed by atoms with Crippen molar-refractivity contribution < 1.29 is 4.79 Å². The number of nitrogens with one attached hydrogen (secondary N) is 1. The Hall–Kier alpha value is -1.72. The second-order valence-corrected chi connectivity index (χ2v) is 7.15. The van der Waals surface area contributed by atoms with Crippen LogP contribution >= 0.6 is 11.3 Å². The van der Waals surface area contributed by atoms with Crippen molar-refractivity contribution in [3.8, 4) is 0 Å². The molecule has 5 heteroatoms. The largest absolute Gasteiger partial charge is 0.302 e. The van der Waals surface area contributed by atoms with Crippen LogP contribution in [0.5, 0.6) is 0 Å². The van der Waals surface area contributed by atoms with Gasteiger partial charge in [-0.15, -0.1) is 11.3 Å². The van der Waals surface area contributed by atoms with Gasteiger partial charge in [-0.3, -0.25) is 9.69 Å². The molecule has 3 rings (SSSR count). The van der Waals surface area contributed by atoms with E-state index in [1.807, 2.05) is 5.38 Å². The van der Waals surface area contributed by atoms with Crippen LogP contribution in [0.15, 0.2) is 35.7 Å². The quantitative estimate of drug-likeness (QED) is 0.838. The summed E-state index contributed by atoms with van der Waals surface area (Å²) in [4.78, 5) is 18.2. The maximum absolute atomic E-state index is 11.1.